The highest BCUT2D eigenvalue weighted by Crippen LogP contribution is 2.17. The molecule has 0 unspecified atom stereocenters. The summed E-state index contributed by atoms with van der Waals surface area (Å²) in [6.07, 6.45) is 13.9. The van der Waals surface area contributed by atoms with Crippen LogP contribution >= 0.6 is 15.9 Å². The predicted octanol–water partition coefficient (Wildman–Crippen LogP) is 6.16. The molecular formula is C18H39BrN+. The molecule has 122 valence electrons. The van der Waals surface area contributed by atoms with Crippen molar-refractivity contribution < 1.29 is 4.48 Å². The lowest BCUT2D eigenvalue weighted by molar-refractivity contribution is -0.929. The molecule has 0 aromatic heterocycles. The molecule has 0 amide bonds. The third-order valence-electron chi connectivity index (χ3n) is 4.47. The number of unbranched alkanes of at least 4 members (excludes halogenated alkanes) is 6. The Morgan fingerprint density at radius 1 is 0.550 bits per heavy atom. The molecule has 0 fully saturated rings. The van der Waals surface area contributed by atoms with E-state index in [0.29, 0.717) is 0 Å². The fraction of sp³-hybridized carbons (Fsp3) is 1.00. The van der Waals surface area contributed by atoms with Crippen molar-refractivity contribution in [3.8, 4) is 0 Å². The average molecular weight is 349 g/mol. The molecule has 0 bridgehead atoms. The number of alkyl halides is 1. The van der Waals surface area contributed by atoms with Gasteiger partial charge in [0.2, 0.25) is 0 Å². The fourth-order valence-corrected chi connectivity index (χ4v) is 3.47. The molecule has 0 heterocycles. The molecule has 2 heteroatoms. The predicted molar refractivity (Wildman–Crippen MR) is 96.7 cm³/mol. The van der Waals surface area contributed by atoms with Crippen molar-refractivity contribution in [3.63, 3.8) is 0 Å². The molecule has 0 saturated carbocycles. The summed E-state index contributed by atoms with van der Waals surface area (Å²) in [6.45, 7) is 12.7. The van der Waals surface area contributed by atoms with Crippen LogP contribution < -0.4 is 0 Å². The summed E-state index contributed by atoms with van der Waals surface area (Å²) in [5.41, 5.74) is 0. The molecule has 0 saturated heterocycles. The molecule has 0 N–H and O–H groups in total. The molecule has 0 aliphatic rings. The number of nitrogens with zero attached hydrogens (tertiary/aromatic N) is 1. The van der Waals surface area contributed by atoms with Gasteiger partial charge in [-0.05, 0) is 38.5 Å². The summed E-state index contributed by atoms with van der Waals surface area (Å²) >= 11 is 3.59. The van der Waals surface area contributed by atoms with E-state index in [-0.39, 0.29) is 0 Å². The zero-order chi connectivity index (χ0) is 15.1. The van der Waals surface area contributed by atoms with E-state index in [2.05, 4.69) is 36.7 Å². The Bertz CT molecular complexity index is 186. The summed E-state index contributed by atoms with van der Waals surface area (Å²) < 4.78 is 1.42. The first-order chi connectivity index (χ1) is 9.74. The maximum Gasteiger partial charge on any atom is 0.0786 e. The maximum absolute atomic E-state index is 3.59. The summed E-state index contributed by atoms with van der Waals surface area (Å²) in [7, 11) is 0. The van der Waals surface area contributed by atoms with Crippen LogP contribution in [0.3, 0.4) is 0 Å². The van der Waals surface area contributed by atoms with Gasteiger partial charge in [-0.3, -0.25) is 0 Å². The van der Waals surface area contributed by atoms with Gasteiger partial charge in [0.1, 0.15) is 0 Å². The number of hydrogen-bond donors (Lipinski definition) is 0. The SMILES string of the molecule is CCCCCC[N+](CCCC)(CCCC)CCCCBr. The minimum Gasteiger partial charge on any atom is -0.324 e. The molecule has 1 nitrogen and oxygen atoms in total. The molecule has 0 rings (SSSR count). The van der Waals surface area contributed by atoms with Crippen LogP contribution in [0, 0.1) is 0 Å². The van der Waals surface area contributed by atoms with E-state index in [1.165, 1.54) is 100 Å². The highest BCUT2D eigenvalue weighted by Gasteiger charge is 2.25. The van der Waals surface area contributed by atoms with Gasteiger partial charge >= 0.3 is 0 Å². The topological polar surface area (TPSA) is 0 Å². The molecule has 0 aromatic carbocycles. The number of hydrogen-bond acceptors (Lipinski definition) is 0. The van der Waals surface area contributed by atoms with Crippen LogP contribution in [0.25, 0.3) is 0 Å². The van der Waals surface area contributed by atoms with E-state index in [1.807, 2.05) is 0 Å². The maximum atomic E-state index is 3.59. The second-order valence-electron chi connectivity index (χ2n) is 6.40. The average Bonchev–Trinajstić information content (AvgIpc) is 2.47. The molecule has 0 aromatic rings. The van der Waals surface area contributed by atoms with E-state index in [0.717, 1.165) is 0 Å². The highest BCUT2D eigenvalue weighted by molar-refractivity contribution is 9.09. The van der Waals surface area contributed by atoms with Crippen LogP contribution in [0.1, 0.15) is 85.0 Å². The summed E-state index contributed by atoms with van der Waals surface area (Å²) in [5.74, 6) is 0. The molecule has 0 aliphatic carbocycles. The van der Waals surface area contributed by atoms with Crippen LogP contribution in [-0.4, -0.2) is 36.0 Å². The quantitative estimate of drug-likeness (QED) is 0.189. The summed E-state index contributed by atoms with van der Waals surface area (Å²) in [4.78, 5) is 0. The lowest BCUT2D eigenvalue weighted by Gasteiger charge is -2.39. The minimum atomic E-state index is 1.17. The minimum absolute atomic E-state index is 1.17. The van der Waals surface area contributed by atoms with Crippen molar-refractivity contribution in [1.82, 2.24) is 0 Å². The van der Waals surface area contributed by atoms with Crippen LogP contribution in [0.15, 0.2) is 0 Å². The van der Waals surface area contributed by atoms with Gasteiger partial charge in [-0.2, -0.15) is 0 Å². The summed E-state index contributed by atoms with van der Waals surface area (Å²) in [6, 6.07) is 0. The molecule has 0 aliphatic heterocycles. The number of rotatable bonds is 15. The molecule has 0 atom stereocenters. The summed E-state index contributed by atoms with van der Waals surface area (Å²) in [5, 5.41) is 1.17. The van der Waals surface area contributed by atoms with Gasteiger partial charge < -0.3 is 4.48 Å². The Morgan fingerprint density at radius 2 is 1.00 bits per heavy atom. The van der Waals surface area contributed by atoms with Gasteiger partial charge in [0.05, 0.1) is 26.2 Å². The van der Waals surface area contributed by atoms with Crippen molar-refractivity contribution in [2.24, 2.45) is 0 Å². The number of quaternary nitrogens is 1. The lowest BCUT2D eigenvalue weighted by Crippen LogP contribution is -2.50. The van der Waals surface area contributed by atoms with E-state index >= 15 is 0 Å². The molecular weight excluding hydrogens is 310 g/mol. The first-order valence-electron chi connectivity index (χ1n) is 9.15. The normalized spacial score (nSPS) is 12.0. The Labute approximate surface area is 137 Å². The van der Waals surface area contributed by atoms with E-state index in [1.54, 1.807) is 0 Å². The van der Waals surface area contributed by atoms with Crippen molar-refractivity contribution in [1.29, 1.82) is 0 Å². The van der Waals surface area contributed by atoms with Crippen LogP contribution in [0.5, 0.6) is 0 Å². The van der Waals surface area contributed by atoms with Crippen molar-refractivity contribution in [3.05, 3.63) is 0 Å². The van der Waals surface area contributed by atoms with E-state index < -0.39 is 0 Å². The first-order valence-corrected chi connectivity index (χ1v) is 10.3. The second kappa shape index (κ2) is 14.4. The van der Waals surface area contributed by atoms with Crippen LogP contribution in [0.2, 0.25) is 0 Å². The smallest absolute Gasteiger partial charge is 0.0786 e. The van der Waals surface area contributed by atoms with Crippen molar-refractivity contribution >= 4 is 15.9 Å². The Morgan fingerprint density at radius 3 is 1.45 bits per heavy atom. The fourth-order valence-electron chi connectivity index (χ4n) is 3.07. The Hall–Kier alpha value is 0.440. The Balaban J connectivity index is 4.43. The largest absolute Gasteiger partial charge is 0.324 e. The zero-order valence-electron chi connectivity index (χ0n) is 14.4. The van der Waals surface area contributed by atoms with E-state index in [4.69, 9.17) is 0 Å². The Kier molecular flexibility index (Phi) is 14.7. The molecule has 20 heavy (non-hydrogen) atoms. The third kappa shape index (κ3) is 10.2. The van der Waals surface area contributed by atoms with Crippen LogP contribution in [-0.2, 0) is 0 Å². The van der Waals surface area contributed by atoms with Gasteiger partial charge in [0.15, 0.2) is 0 Å². The molecule has 0 radical (unpaired) electrons. The second-order valence-corrected chi connectivity index (χ2v) is 7.19. The first kappa shape index (κ1) is 20.4. The monoisotopic (exact) mass is 348 g/mol. The van der Waals surface area contributed by atoms with E-state index in [9.17, 15) is 0 Å². The van der Waals surface area contributed by atoms with Gasteiger partial charge in [0, 0.05) is 5.33 Å². The number of halogens is 1. The van der Waals surface area contributed by atoms with Crippen molar-refractivity contribution in [2.45, 2.75) is 85.0 Å². The van der Waals surface area contributed by atoms with Gasteiger partial charge in [0.25, 0.3) is 0 Å². The van der Waals surface area contributed by atoms with Gasteiger partial charge in [-0.1, -0.05) is 62.4 Å². The zero-order valence-corrected chi connectivity index (χ0v) is 16.0. The standard InChI is InChI=1S/C18H39BrN/c1-4-7-10-12-17-20(15-8-5-2,16-9-6-3)18-13-11-14-19/h4-18H2,1-3H3/q+1. The van der Waals surface area contributed by atoms with Crippen molar-refractivity contribution in [2.75, 3.05) is 31.5 Å². The van der Waals surface area contributed by atoms with Crippen LogP contribution in [0.4, 0.5) is 0 Å². The highest BCUT2D eigenvalue weighted by atomic mass is 79.9. The van der Waals surface area contributed by atoms with Gasteiger partial charge in [-0.25, -0.2) is 0 Å². The van der Waals surface area contributed by atoms with Gasteiger partial charge in [-0.15, -0.1) is 0 Å². The third-order valence-corrected chi connectivity index (χ3v) is 5.03. The lowest BCUT2D eigenvalue weighted by atomic mass is 10.1. The molecule has 0 spiro atoms.